The predicted molar refractivity (Wildman–Crippen MR) is 102 cm³/mol. The molecule has 0 unspecified atom stereocenters. The van der Waals surface area contributed by atoms with E-state index in [0.29, 0.717) is 22.9 Å². The second kappa shape index (κ2) is 9.39. The minimum Gasteiger partial charge on any atom is -0.482 e. The standard InChI is InChI=1S/C21H22N2O4/c1-14(2)17-8-7-15(3)19(10-17)26-13-21(25)27-12-20(24)23-18-6-4-5-16(9-18)11-22/h4-10,14H,12-13H2,1-3H3,(H,23,24). The summed E-state index contributed by atoms with van der Waals surface area (Å²) in [4.78, 5) is 23.7. The van der Waals surface area contributed by atoms with Crippen LogP contribution in [0.3, 0.4) is 0 Å². The van der Waals surface area contributed by atoms with E-state index < -0.39 is 18.5 Å². The second-order valence-electron chi connectivity index (χ2n) is 6.37. The minimum atomic E-state index is -0.634. The average molecular weight is 366 g/mol. The van der Waals surface area contributed by atoms with E-state index >= 15 is 0 Å². The zero-order valence-corrected chi connectivity index (χ0v) is 15.6. The van der Waals surface area contributed by atoms with E-state index in [0.717, 1.165) is 11.1 Å². The highest BCUT2D eigenvalue weighted by molar-refractivity contribution is 5.93. The van der Waals surface area contributed by atoms with Gasteiger partial charge in [0.2, 0.25) is 0 Å². The number of benzene rings is 2. The highest BCUT2D eigenvalue weighted by Gasteiger charge is 2.11. The molecule has 0 heterocycles. The van der Waals surface area contributed by atoms with Crippen LogP contribution in [0.15, 0.2) is 42.5 Å². The molecule has 0 spiro atoms. The van der Waals surface area contributed by atoms with Crippen molar-refractivity contribution in [3.05, 3.63) is 59.2 Å². The maximum Gasteiger partial charge on any atom is 0.344 e. The van der Waals surface area contributed by atoms with E-state index in [1.54, 1.807) is 18.2 Å². The van der Waals surface area contributed by atoms with Crippen molar-refractivity contribution < 1.29 is 19.1 Å². The molecule has 1 amide bonds. The molecule has 0 aliphatic carbocycles. The fraction of sp³-hybridized carbons (Fsp3) is 0.286. The molecule has 0 fully saturated rings. The molecule has 0 saturated heterocycles. The van der Waals surface area contributed by atoms with Crippen LogP contribution in [0, 0.1) is 18.3 Å². The molecular formula is C21H22N2O4. The van der Waals surface area contributed by atoms with Crippen LogP contribution >= 0.6 is 0 Å². The van der Waals surface area contributed by atoms with E-state index in [1.165, 1.54) is 6.07 Å². The summed E-state index contributed by atoms with van der Waals surface area (Å²) in [5.41, 5.74) is 2.93. The normalized spacial score (nSPS) is 10.2. The Morgan fingerprint density at radius 2 is 1.93 bits per heavy atom. The number of esters is 1. The first-order valence-corrected chi connectivity index (χ1v) is 8.58. The monoisotopic (exact) mass is 366 g/mol. The molecule has 0 aliphatic heterocycles. The molecule has 0 saturated carbocycles. The lowest BCUT2D eigenvalue weighted by atomic mass is 10.0. The first-order chi connectivity index (χ1) is 12.9. The molecule has 1 N–H and O–H groups in total. The third kappa shape index (κ3) is 6.15. The Labute approximate surface area is 158 Å². The van der Waals surface area contributed by atoms with E-state index in [1.807, 2.05) is 31.2 Å². The summed E-state index contributed by atoms with van der Waals surface area (Å²) in [5.74, 6) is -0.152. The number of hydrogen-bond donors (Lipinski definition) is 1. The van der Waals surface area contributed by atoms with Gasteiger partial charge in [0, 0.05) is 5.69 Å². The van der Waals surface area contributed by atoms with Crippen LogP contribution in [0.4, 0.5) is 5.69 Å². The summed E-state index contributed by atoms with van der Waals surface area (Å²) in [7, 11) is 0. The van der Waals surface area contributed by atoms with E-state index in [9.17, 15) is 9.59 Å². The first kappa shape index (κ1) is 20.0. The lowest BCUT2D eigenvalue weighted by Gasteiger charge is -2.12. The molecule has 2 rings (SSSR count). The zero-order chi connectivity index (χ0) is 19.8. The molecule has 2 aromatic rings. The van der Waals surface area contributed by atoms with Crippen molar-refractivity contribution in [1.82, 2.24) is 0 Å². The second-order valence-corrected chi connectivity index (χ2v) is 6.37. The molecule has 0 aromatic heterocycles. The number of rotatable bonds is 7. The zero-order valence-electron chi connectivity index (χ0n) is 15.6. The molecular weight excluding hydrogens is 344 g/mol. The number of aryl methyl sites for hydroxylation is 1. The Morgan fingerprint density at radius 3 is 2.63 bits per heavy atom. The summed E-state index contributed by atoms with van der Waals surface area (Å²) >= 11 is 0. The van der Waals surface area contributed by atoms with Gasteiger partial charge in [0.1, 0.15) is 5.75 Å². The molecule has 0 atom stereocenters. The Morgan fingerprint density at radius 1 is 1.15 bits per heavy atom. The topological polar surface area (TPSA) is 88.4 Å². The van der Waals surface area contributed by atoms with Gasteiger partial charge in [-0.2, -0.15) is 5.26 Å². The highest BCUT2D eigenvalue weighted by Crippen LogP contribution is 2.24. The van der Waals surface area contributed by atoms with Crippen molar-refractivity contribution in [3.63, 3.8) is 0 Å². The summed E-state index contributed by atoms with van der Waals surface area (Å²) < 4.78 is 10.5. The number of nitriles is 1. The van der Waals surface area contributed by atoms with Crippen LogP contribution in [0.25, 0.3) is 0 Å². The molecule has 0 aliphatic rings. The average Bonchev–Trinajstić information content (AvgIpc) is 2.65. The fourth-order valence-corrected chi connectivity index (χ4v) is 2.32. The van der Waals surface area contributed by atoms with Gasteiger partial charge in [-0.3, -0.25) is 4.79 Å². The van der Waals surface area contributed by atoms with Gasteiger partial charge in [0.05, 0.1) is 11.6 Å². The van der Waals surface area contributed by atoms with Gasteiger partial charge in [-0.05, 0) is 48.2 Å². The molecule has 0 bridgehead atoms. The number of anilines is 1. The summed E-state index contributed by atoms with van der Waals surface area (Å²) in [5, 5.41) is 11.4. The quantitative estimate of drug-likeness (QED) is 0.757. The molecule has 0 radical (unpaired) electrons. The maximum absolute atomic E-state index is 11.9. The van der Waals surface area contributed by atoms with Gasteiger partial charge < -0.3 is 14.8 Å². The molecule has 2 aromatic carbocycles. The van der Waals surface area contributed by atoms with Crippen LogP contribution in [0.5, 0.6) is 5.75 Å². The molecule has 140 valence electrons. The SMILES string of the molecule is Cc1ccc(C(C)C)cc1OCC(=O)OCC(=O)Nc1cccc(C#N)c1. The molecule has 6 heteroatoms. The Kier molecular flexibility index (Phi) is 6.95. The van der Waals surface area contributed by atoms with Crippen molar-refractivity contribution in [2.45, 2.75) is 26.7 Å². The predicted octanol–water partition coefficient (Wildman–Crippen LogP) is 3.55. The largest absolute Gasteiger partial charge is 0.482 e. The van der Waals surface area contributed by atoms with Gasteiger partial charge in [-0.1, -0.05) is 32.0 Å². The van der Waals surface area contributed by atoms with Crippen LogP contribution in [0.1, 0.15) is 36.5 Å². The third-order valence-corrected chi connectivity index (χ3v) is 3.86. The van der Waals surface area contributed by atoms with Crippen molar-refractivity contribution >= 4 is 17.6 Å². The molecule has 27 heavy (non-hydrogen) atoms. The van der Waals surface area contributed by atoms with Crippen molar-refractivity contribution in [3.8, 4) is 11.8 Å². The number of nitrogens with one attached hydrogen (secondary N) is 1. The minimum absolute atomic E-state index is 0.278. The van der Waals surface area contributed by atoms with Crippen molar-refractivity contribution in [2.75, 3.05) is 18.5 Å². The number of amides is 1. The Balaban J connectivity index is 1.81. The smallest absolute Gasteiger partial charge is 0.344 e. The first-order valence-electron chi connectivity index (χ1n) is 8.58. The molecule has 6 nitrogen and oxygen atoms in total. The lowest BCUT2D eigenvalue weighted by Crippen LogP contribution is -2.23. The third-order valence-electron chi connectivity index (χ3n) is 3.86. The highest BCUT2D eigenvalue weighted by atomic mass is 16.6. The Bertz CT molecular complexity index is 869. The van der Waals surface area contributed by atoms with Crippen LogP contribution in [-0.4, -0.2) is 25.1 Å². The van der Waals surface area contributed by atoms with E-state index in [2.05, 4.69) is 19.2 Å². The van der Waals surface area contributed by atoms with Gasteiger partial charge >= 0.3 is 5.97 Å². The lowest BCUT2D eigenvalue weighted by molar-refractivity contribution is -0.149. The van der Waals surface area contributed by atoms with Crippen LogP contribution in [-0.2, 0) is 14.3 Å². The van der Waals surface area contributed by atoms with Gasteiger partial charge in [-0.15, -0.1) is 0 Å². The fourth-order valence-electron chi connectivity index (χ4n) is 2.32. The number of nitrogens with zero attached hydrogens (tertiary/aromatic N) is 1. The number of ether oxygens (including phenoxy) is 2. The van der Waals surface area contributed by atoms with Crippen molar-refractivity contribution in [2.24, 2.45) is 0 Å². The van der Waals surface area contributed by atoms with Crippen LogP contribution in [0.2, 0.25) is 0 Å². The number of hydrogen-bond acceptors (Lipinski definition) is 5. The number of carbonyl (C=O) groups is 2. The van der Waals surface area contributed by atoms with Gasteiger partial charge in [0.15, 0.2) is 13.2 Å². The van der Waals surface area contributed by atoms with E-state index in [-0.39, 0.29) is 6.61 Å². The summed E-state index contributed by atoms with van der Waals surface area (Å²) in [6.45, 7) is 5.35. The van der Waals surface area contributed by atoms with Gasteiger partial charge in [-0.25, -0.2) is 4.79 Å². The van der Waals surface area contributed by atoms with Gasteiger partial charge in [0.25, 0.3) is 5.91 Å². The van der Waals surface area contributed by atoms with Crippen molar-refractivity contribution in [1.29, 1.82) is 5.26 Å². The summed E-state index contributed by atoms with van der Waals surface area (Å²) in [6, 6.07) is 14.3. The van der Waals surface area contributed by atoms with E-state index in [4.69, 9.17) is 14.7 Å². The summed E-state index contributed by atoms with van der Waals surface area (Å²) in [6.07, 6.45) is 0. The number of carbonyl (C=O) groups excluding carboxylic acids is 2. The Hall–Kier alpha value is -3.33. The maximum atomic E-state index is 11.9. The van der Waals surface area contributed by atoms with Crippen LogP contribution < -0.4 is 10.1 Å².